The Bertz CT molecular complexity index is 949. The van der Waals surface area contributed by atoms with Crippen LogP contribution in [0.15, 0.2) is 38.5 Å². The van der Waals surface area contributed by atoms with Gasteiger partial charge in [0.1, 0.15) is 11.5 Å². The van der Waals surface area contributed by atoms with Gasteiger partial charge in [-0.1, -0.05) is 25.0 Å². The predicted octanol–water partition coefficient (Wildman–Crippen LogP) is 5.66. The van der Waals surface area contributed by atoms with Crippen LogP contribution in [0.5, 0.6) is 5.75 Å². The minimum atomic E-state index is -0.366. The molecule has 4 nitrogen and oxygen atoms in total. The molecule has 4 rings (SSSR count). The molecule has 1 aromatic carbocycles. The second kappa shape index (κ2) is 7.94. The molecule has 0 aliphatic heterocycles. The Morgan fingerprint density at radius 2 is 1.89 bits per heavy atom. The Kier molecular flexibility index (Phi) is 5.38. The monoisotopic (exact) mass is 379 g/mol. The lowest BCUT2D eigenvalue weighted by Crippen LogP contribution is -2.19. The quantitative estimate of drug-likeness (QED) is 0.697. The van der Waals surface area contributed by atoms with Gasteiger partial charge in [0.15, 0.2) is 0 Å². The summed E-state index contributed by atoms with van der Waals surface area (Å²) in [5, 5.41) is 11.2. The van der Waals surface area contributed by atoms with Gasteiger partial charge in [-0.15, -0.1) is 0 Å². The molecule has 28 heavy (non-hydrogen) atoms. The molecule has 2 aliphatic carbocycles. The summed E-state index contributed by atoms with van der Waals surface area (Å²) < 4.78 is 5.78. The lowest BCUT2D eigenvalue weighted by molar-refractivity contribution is 0.382. The predicted molar refractivity (Wildman–Crippen MR) is 112 cm³/mol. The maximum absolute atomic E-state index is 13.0. The van der Waals surface area contributed by atoms with Crippen molar-refractivity contribution in [3.63, 3.8) is 0 Å². The second-order valence-corrected chi connectivity index (χ2v) is 8.44. The second-order valence-electron chi connectivity index (χ2n) is 8.44. The SMILES string of the molecule is CC(C)=Nc1cccc(C(c2c(O)c3c(oc2=O)CCCCCC3)C2CC2)c1. The summed E-state index contributed by atoms with van der Waals surface area (Å²) in [6.45, 7) is 3.95. The molecule has 0 saturated heterocycles. The van der Waals surface area contributed by atoms with E-state index in [9.17, 15) is 9.90 Å². The van der Waals surface area contributed by atoms with Gasteiger partial charge in [-0.25, -0.2) is 4.79 Å². The molecule has 0 amide bonds. The van der Waals surface area contributed by atoms with Gasteiger partial charge < -0.3 is 9.52 Å². The smallest absolute Gasteiger partial charge is 0.343 e. The van der Waals surface area contributed by atoms with Crippen LogP contribution in [0.3, 0.4) is 0 Å². The van der Waals surface area contributed by atoms with Crippen molar-refractivity contribution < 1.29 is 9.52 Å². The van der Waals surface area contributed by atoms with Crippen molar-refractivity contribution in [3.8, 4) is 5.75 Å². The van der Waals surface area contributed by atoms with Crippen LogP contribution in [0.2, 0.25) is 0 Å². The molecular weight excluding hydrogens is 350 g/mol. The van der Waals surface area contributed by atoms with E-state index in [-0.39, 0.29) is 17.3 Å². The van der Waals surface area contributed by atoms with Crippen molar-refractivity contribution in [2.24, 2.45) is 10.9 Å². The molecule has 1 saturated carbocycles. The average molecular weight is 380 g/mol. The number of aliphatic imine (C=N–C) groups is 1. The Morgan fingerprint density at radius 3 is 2.61 bits per heavy atom. The molecule has 0 spiro atoms. The minimum Gasteiger partial charge on any atom is -0.507 e. The van der Waals surface area contributed by atoms with Crippen LogP contribution in [0.4, 0.5) is 5.69 Å². The Balaban J connectivity index is 1.82. The zero-order chi connectivity index (χ0) is 19.7. The highest BCUT2D eigenvalue weighted by atomic mass is 16.4. The van der Waals surface area contributed by atoms with Crippen LogP contribution in [0.25, 0.3) is 0 Å². The molecule has 148 valence electrons. The number of aromatic hydroxyl groups is 1. The number of rotatable bonds is 4. The van der Waals surface area contributed by atoms with E-state index in [4.69, 9.17) is 4.42 Å². The first-order chi connectivity index (χ1) is 13.5. The van der Waals surface area contributed by atoms with Crippen molar-refractivity contribution in [2.75, 3.05) is 0 Å². The lowest BCUT2D eigenvalue weighted by atomic mass is 9.85. The molecule has 4 heteroatoms. The van der Waals surface area contributed by atoms with Crippen LogP contribution in [-0.4, -0.2) is 10.8 Å². The first kappa shape index (κ1) is 19.0. The van der Waals surface area contributed by atoms with Crippen LogP contribution < -0.4 is 5.63 Å². The van der Waals surface area contributed by atoms with E-state index >= 15 is 0 Å². The van der Waals surface area contributed by atoms with E-state index in [0.717, 1.165) is 73.9 Å². The largest absolute Gasteiger partial charge is 0.507 e. The van der Waals surface area contributed by atoms with Gasteiger partial charge in [0.05, 0.1) is 11.3 Å². The molecule has 1 heterocycles. The van der Waals surface area contributed by atoms with Crippen molar-refractivity contribution in [2.45, 2.75) is 71.1 Å². The van der Waals surface area contributed by atoms with Gasteiger partial charge in [0.25, 0.3) is 0 Å². The Morgan fingerprint density at radius 1 is 1.14 bits per heavy atom. The molecule has 1 fully saturated rings. The summed E-state index contributed by atoms with van der Waals surface area (Å²) in [6.07, 6.45) is 8.03. The first-order valence-corrected chi connectivity index (χ1v) is 10.5. The lowest BCUT2D eigenvalue weighted by Gasteiger charge is -2.21. The summed E-state index contributed by atoms with van der Waals surface area (Å²) in [4.78, 5) is 17.5. The number of nitrogens with zero attached hydrogens (tertiary/aromatic N) is 1. The van der Waals surface area contributed by atoms with Crippen molar-refractivity contribution >= 4 is 11.4 Å². The Hall–Kier alpha value is -2.36. The zero-order valence-electron chi connectivity index (χ0n) is 16.8. The fraction of sp³-hybridized carbons (Fsp3) is 0.500. The van der Waals surface area contributed by atoms with Crippen LogP contribution >= 0.6 is 0 Å². The van der Waals surface area contributed by atoms with Gasteiger partial charge in [-0.3, -0.25) is 4.99 Å². The molecular formula is C24H29NO3. The number of aryl methyl sites for hydroxylation is 1. The van der Waals surface area contributed by atoms with Gasteiger partial charge in [-0.2, -0.15) is 0 Å². The maximum Gasteiger partial charge on any atom is 0.343 e. The fourth-order valence-corrected chi connectivity index (χ4v) is 4.44. The number of fused-ring (bicyclic) bond motifs is 1. The molecule has 2 aliphatic rings. The number of hydrogen-bond acceptors (Lipinski definition) is 4. The zero-order valence-corrected chi connectivity index (χ0v) is 16.8. The molecule has 2 aromatic rings. The Labute approximate surface area is 166 Å². The average Bonchev–Trinajstić information content (AvgIpc) is 3.45. The standard InChI is InChI=1S/C24H29NO3/c1-15(2)25-18-9-7-8-17(14-18)21(16-12-13-16)22-23(26)19-10-5-3-4-6-11-20(19)28-24(22)27/h7-9,14,16,21,26H,3-6,10-13H2,1-2H3. The highest BCUT2D eigenvalue weighted by Crippen LogP contribution is 2.49. The third-order valence-electron chi connectivity index (χ3n) is 5.88. The fourth-order valence-electron chi connectivity index (χ4n) is 4.44. The van der Waals surface area contributed by atoms with Crippen LogP contribution in [-0.2, 0) is 12.8 Å². The number of hydrogen-bond donors (Lipinski definition) is 1. The van der Waals surface area contributed by atoms with E-state index in [0.29, 0.717) is 17.2 Å². The highest BCUT2D eigenvalue weighted by Gasteiger charge is 2.38. The van der Waals surface area contributed by atoms with Gasteiger partial charge in [-0.05, 0) is 69.6 Å². The van der Waals surface area contributed by atoms with Crippen LogP contribution in [0.1, 0.15) is 80.7 Å². The van der Waals surface area contributed by atoms with Crippen LogP contribution in [0, 0.1) is 5.92 Å². The van der Waals surface area contributed by atoms with Gasteiger partial charge in [0.2, 0.25) is 0 Å². The normalized spacial score (nSPS) is 17.9. The molecule has 1 aromatic heterocycles. The van der Waals surface area contributed by atoms with Gasteiger partial charge in [0, 0.05) is 23.6 Å². The molecule has 1 unspecified atom stereocenters. The van der Waals surface area contributed by atoms with Crippen molar-refractivity contribution in [1.29, 1.82) is 0 Å². The van der Waals surface area contributed by atoms with E-state index in [1.54, 1.807) is 0 Å². The summed E-state index contributed by atoms with van der Waals surface area (Å²) in [5.41, 5.74) is 3.87. The van der Waals surface area contributed by atoms with E-state index in [1.807, 2.05) is 38.1 Å². The molecule has 1 atom stereocenters. The van der Waals surface area contributed by atoms with Crippen molar-refractivity contribution in [1.82, 2.24) is 0 Å². The topological polar surface area (TPSA) is 62.8 Å². The highest BCUT2D eigenvalue weighted by molar-refractivity contribution is 5.82. The minimum absolute atomic E-state index is 0.126. The van der Waals surface area contributed by atoms with E-state index in [2.05, 4.69) is 4.99 Å². The third-order valence-corrected chi connectivity index (χ3v) is 5.88. The summed E-state index contributed by atoms with van der Waals surface area (Å²) in [6, 6.07) is 8.05. The first-order valence-electron chi connectivity index (χ1n) is 10.5. The van der Waals surface area contributed by atoms with E-state index < -0.39 is 0 Å². The molecule has 1 N–H and O–H groups in total. The summed E-state index contributed by atoms with van der Waals surface area (Å²) in [7, 11) is 0. The maximum atomic E-state index is 13.0. The third kappa shape index (κ3) is 3.91. The van der Waals surface area contributed by atoms with Crippen molar-refractivity contribution in [3.05, 3.63) is 57.1 Å². The summed E-state index contributed by atoms with van der Waals surface area (Å²) in [5.74, 6) is 1.13. The molecule has 0 bridgehead atoms. The molecule has 0 radical (unpaired) electrons. The summed E-state index contributed by atoms with van der Waals surface area (Å²) >= 11 is 0. The number of benzene rings is 1. The van der Waals surface area contributed by atoms with E-state index in [1.165, 1.54) is 0 Å². The van der Waals surface area contributed by atoms with Gasteiger partial charge >= 0.3 is 5.63 Å².